The van der Waals surface area contributed by atoms with Crippen LogP contribution in [0.15, 0.2) is 47.1 Å². The lowest BCUT2D eigenvalue weighted by molar-refractivity contribution is -0.118. The first kappa shape index (κ1) is 13.8. The lowest BCUT2D eigenvalue weighted by Crippen LogP contribution is -2.46. The number of anilines is 1. The van der Waals surface area contributed by atoms with E-state index >= 15 is 0 Å². The van der Waals surface area contributed by atoms with Gasteiger partial charge >= 0.3 is 0 Å². The lowest BCUT2D eigenvalue weighted by atomic mass is 10.2. The molecule has 0 saturated carbocycles. The van der Waals surface area contributed by atoms with Gasteiger partial charge in [-0.05, 0) is 24.3 Å². The van der Waals surface area contributed by atoms with Gasteiger partial charge in [0, 0.05) is 31.6 Å². The Morgan fingerprint density at radius 1 is 1.00 bits per heavy atom. The van der Waals surface area contributed by atoms with Crippen LogP contribution in [0.5, 0.6) is 0 Å². The fourth-order valence-electron chi connectivity index (χ4n) is 2.86. The van der Waals surface area contributed by atoms with Crippen molar-refractivity contribution in [3.63, 3.8) is 0 Å². The summed E-state index contributed by atoms with van der Waals surface area (Å²) in [7, 11) is 0. The van der Waals surface area contributed by atoms with Crippen LogP contribution in [0.3, 0.4) is 0 Å². The Morgan fingerprint density at radius 2 is 1.83 bits per heavy atom. The van der Waals surface area contributed by atoms with Crippen molar-refractivity contribution in [2.45, 2.75) is 0 Å². The van der Waals surface area contributed by atoms with E-state index in [0.717, 1.165) is 36.2 Å². The first-order valence-corrected chi connectivity index (χ1v) is 7.60. The van der Waals surface area contributed by atoms with Gasteiger partial charge in [-0.15, -0.1) is 0 Å². The normalized spacial score (nSPS) is 15.1. The Bertz CT molecular complexity index is 824. The van der Waals surface area contributed by atoms with E-state index in [9.17, 15) is 4.79 Å². The van der Waals surface area contributed by atoms with Gasteiger partial charge in [0.05, 0.1) is 11.8 Å². The number of rotatable bonds is 3. The molecule has 2 aromatic heterocycles. The van der Waals surface area contributed by atoms with E-state index in [1.54, 1.807) is 11.2 Å². The minimum absolute atomic E-state index is 0.585. The molecule has 0 bridgehead atoms. The van der Waals surface area contributed by atoms with Crippen LogP contribution in [-0.4, -0.2) is 47.5 Å². The van der Waals surface area contributed by atoms with Crippen molar-refractivity contribution in [1.29, 1.82) is 0 Å². The maximum atomic E-state index is 10.9. The van der Waals surface area contributed by atoms with Crippen LogP contribution in [0.1, 0.15) is 0 Å². The number of para-hydroxylation sites is 1. The molecular weight excluding hydrogens is 292 g/mol. The van der Waals surface area contributed by atoms with Crippen LogP contribution in [0.25, 0.3) is 22.5 Å². The zero-order valence-electron chi connectivity index (χ0n) is 12.6. The largest absolute Gasteiger partial charge is 0.461 e. The number of hydrogen-bond acceptors (Lipinski definition) is 5. The van der Waals surface area contributed by atoms with Crippen molar-refractivity contribution in [2.24, 2.45) is 0 Å². The standard InChI is InChI=1S/C17H16N4O2/c22-12-20-7-9-21(10-8-20)17-13-4-1-2-5-14(13)18-16(19-17)15-6-3-11-23-15/h1-6,11-12H,7-10H2. The highest BCUT2D eigenvalue weighted by atomic mass is 16.3. The van der Waals surface area contributed by atoms with Gasteiger partial charge in [0.1, 0.15) is 5.82 Å². The van der Waals surface area contributed by atoms with Crippen LogP contribution in [0.4, 0.5) is 5.82 Å². The number of hydrogen-bond donors (Lipinski definition) is 0. The van der Waals surface area contributed by atoms with Crippen LogP contribution in [0.2, 0.25) is 0 Å². The van der Waals surface area contributed by atoms with E-state index < -0.39 is 0 Å². The molecule has 116 valence electrons. The highest BCUT2D eigenvalue weighted by molar-refractivity contribution is 5.90. The summed E-state index contributed by atoms with van der Waals surface area (Å²) in [6.45, 7) is 2.94. The number of fused-ring (bicyclic) bond motifs is 1. The third-order valence-corrected chi connectivity index (χ3v) is 4.09. The summed E-state index contributed by atoms with van der Waals surface area (Å²) < 4.78 is 5.45. The molecule has 6 heteroatoms. The third kappa shape index (κ3) is 2.52. The Labute approximate surface area is 133 Å². The summed E-state index contributed by atoms with van der Waals surface area (Å²) in [6, 6.07) is 11.7. The zero-order chi connectivity index (χ0) is 15.6. The van der Waals surface area contributed by atoms with Crippen LogP contribution in [-0.2, 0) is 4.79 Å². The minimum atomic E-state index is 0.585. The van der Waals surface area contributed by atoms with Crippen molar-refractivity contribution in [2.75, 3.05) is 31.1 Å². The molecule has 1 aliphatic rings. The molecule has 3 heterocycles. The van der Waals surface area contributed by atoms with Crippen molar-refractivity contribution in [3.8, 4) is 11.6 Å². The lowest BCUT2D eigenvalue weighted by Gasteiger charge is -2.33. The number of benzene rings is 1. The van der Waals surface area contributed by atoms with E-state index in [1.165, 1.54) is 0 Å². The Morgan fingerprint density at radius 3 is 2.57 bits per heavy atom. The van der Waals surface area contributed by atoms with Gasteiger partial charge in [0.25, 0.3) is 0 Å². The smallest absolute Gasteiger partial charge is 0.209 e. The van der Waals surface area contributed by atoms with Gasteiger partial charge < -0.3 is 14.2 Å². The monoisotopic (exact) mass is 308 g/mol. The second-order valence-corrected chi connectivity index (χ2v) is 5.49. The maximum Gasteiger partial charge on any atom is 0.209 e. The molecule has 0 spiro atoms. The molecule has 1 aliphatic heterocycles. The van der Waals surface area contributed by atoms with E-state index in [-0.39, 0.29) is 0 Å². The van der Waals surface area contributed by atoms with Gasteiger partial charge in [-0.25, -0.2) is 9.97 Å². The quantitative estimate of drug-likeness (QED) is 0.694. The fraction of sp³-hybridized carbons (Fsp3) is 0.235. The Balaban J connectivity index is 1.79. The number of piperazine rings is 1. The summed E-state index contributed by atoms with van der Waals surface area (Å²) in [5, 5.41) is 1.02. The molecule has 23 heavy (non-hydrogen) atoms. The van der Waals surface area contributed by atoms with Gasteiger partial charge in [0.2, 0.25) is 6.41 Å². The van der Waals surface area contributed by atoms with Gasteiger partial charge in [0.15, 0.2) is 11.6 Å². The summed E-state index contributed by atoms with van der Waals surface area (Å²) in [6.07, 6.45) is 2.53. The van der Waals surface area contributed by atoms with Crippen LogP contribution >= 0.6 is 0 Å². The molecule has 0 aliphatic carbocycles. The number of carbonyl (C=O) groups is 1. The van der Waals surface area contributed by atoms with E-state index in [1.807, 2.05) is 36.4 Å². The van der Waals surface area contributed by atoms with Gasteiger partial charge in [-0.1, -0.05) is 12.1 Å². The highest BCUT2D eigenvalue weighted by Crippen LogP contribution is 2.28. The Kier molecular flexibility index (Phi) is 3.42. The molecule has 1 amide bonds. The molecule has 0 atom stereocenters. The molecule has 1 fully saturated rings. The fourth-order valence-corrected chi connectivity index (χ4v) is 2.86. The zero-order valence-corrected chi connectivity index (χ0v) is 12.6. The number of carbonyl (C=O) groups excluding carboxylic acids is 1. The minimum Gasteiger partial charge on any atom is -0.461 e. The average molecular weight is 308 g/mol. The van der Waals surface area contributed by atoms with Crippen molar-refractivity contribution >= 4 is 23.1 Å². The van der Waals surface area contributed by atoms with Gasteiger partial charge in [-0.2, -0.15) is 0 Å². The molecule has 0 unspecified atom stereocenters. The van der Waals surface area contributed by atoms with Crippen LogP contribution < -0.4 is 4.90 Å². The number of amides is 1. The second kappa shape index (κ2) is 5.72. The highest BCUT2D eigenvalue weighted by Gasteiger charge is 2.20. The molecule has 3 aromatic rings. The maximum absolute atomic E-state index is 10.9. The van der Waals surface area contributed by atoms with Crippen molar-refractivity contribution in [1.82, 2.24) is 14.9 Å². The second-order valence-electron chi connectivity index (χ2n) is 5.49. The third-order valence-electron chi connectivity index (χ3n) is 4.09. The summed E-state index contributed by atoms with van der Waals surface area (Å²) in [5.41, 5.74) is 0.890. The van der Waals surface area contributed by atoms with Crippen molar-refractivity contribution in [3.05, 3.63) is 42.7 Å². The predicted molar refractivity (Wildman–Crippen MR) is 87.1 cm³/mol. The molecule has 1 aromatic carbocycles. The summed E-state index contributed by atoms with van der Waals surface area (Å²) in [5.74, 6) is 2.14. The molecule has 0 N–H and O–H groups in total. The SMILES string of the molecule is O=CN1CCN(c2nc(-c3ccco3)nc3ccccc23)CC1. The van der Waals surface area contributed by atoms with Crippen molar-refractivity contribution < 1.29 is 9.21 Å². The molecular formula is C17H16N4O2. The molecule has 6 nitrogen and oxygen atoms in total. The molecule has 0 radical (unpaired) electrons. The van der Waals surface area contributed by atoms with E-state index in [4.69, 9.17) is 9.40 Å². The first-order valence-electron chi connectivity index (χ1n) is 7.60. The molecule has 1 saturated heterocycles. The molecule has 4 rings (SSSR count). The van der Waals surface area contributed by atoms with Gasteiger partial charge in [-0.3, -0.25) is 4.79 Å². The summed E-state index contributed by atoms with van der Waals surface area (Å²) in [4.78, 5) is 24.2. The van der Waals surface area contributed by atoms with E-state index in [0.29, 0.717) is 24.7 Å². The number of nitrogens with zero attached hydrogens (tertiary/aromatic N) is 4. The number of aromatic nitrogens is 2. The van der Waals surface area contributed by atoms with E-state index in [2.05, 4.69) is 9.88 Å². The topological polar surface area (TPSA) is 62.5 Å². The van der Waals surface area contributed by atoms with Crippen LogP contribution in [0, 0.1) is 0 Å². The first-order chi connectivity index (χ1) is 11.3. The predicted octanol–water partition coefficient (Wildman–Crippen LogP) is 2.17. The summed E-state index contributed by atoms with van der Waals surface area (Å²) >= 11 is 0. The Hall–Kier alpha value is -2.89. The number of furan rings is 1. The average Bonchev–Trinajstić information content (AvgIpc) is 3.15.